The van der Waals surface area contributed by atoms with Gasteiger partial charge in [-0.1, -0.05) is 24.3 Å². The van der Waals surface area contributed by atoms with Gasteiger partial charge in [0.05, 0.1) is 11.9 Å². The van der Waals surface area contributed by atoms with E-state index < -0.39 is 0 Å². The van der Waals surface area contributed by atoms with E-state index in [1.54, 1.807) is 12.3 Å². The first kappa shape index (κ1) is 13.8. The summed E-state index contributed by atoms with van der Waals surface area (Å²) in [5.41, 5.74) is 4.06. The summed E-state index contributed by atoms with van der Waals surface area (Å²) >= 11 is 0. The number of para-hydroxylation sites is 1. The SMILES string of the molecule is O=C(/C=C/c1cnc2ccccn12)N1CCCc2ccccc21. The molecule has 1 aliphatic rings. The number of rotatable bonds is 2. The molecule has 1 aliphatic heterocycles. The molecule has 114 valence electrons. The predicted octanol–water partition coefficient (Wildman–Crippen LogP) is 3.33. The third-order valence-corrected chi connectivity index (χ3v) is 4.22. The largest absolute Gasteiger partial charge is 0.309 e. The van der Waals surface area contributed by atoms with Gasteiger partial charge in [0.2, 0.25) is 0 Å². The van der Waals surface area contributed by atoms with Crippen LogP contribution in [0.4, 0.5) is 5.69 Å². The molecule has 0 N–H and O–H groups in total. The minimum atomic E-state index is 0.0167. The molecule has 3 heterocycles. The van der Waals surface area contributed by atoms with Crippen LogP contribution in [0.25, 0.3) is 11.7 Å². The van der Waals surface area contributed by atoms with Gasteiger partial charge in [0, 0.05) is 24.5 Å². The standard InChI is InChI=1S/C19H17N3O/c23-19(22-13-5-7-15-6-1-2-8-17(15)22)11-10-16-14-20-18-9-3-4-12-21(16)18/h1-4,6,8-12,14H,5,7,13H2/b11-10+. The number of fused-ring (bicyclic) bond motifs is 2. The summed E-state index contributed by atoms with van der Waals surface area (Å²) in [6.45, 7) is 0.771. The van der Waals surface area contributed by atoms with Crippen molar-refractivity contribution in [3.8, 4) is 0 Å². The molecule has 2 aromatic heterocycles. The molecular weight excluding hydrogens is 286 g/mol. The maximum absolute atomic E-state index is 12.6. The highest BCUT2D eigenvalue weighted by Gasteiger charge is 2.20. The van der Waals surface area contributed by atoms with E-state index >= 15 is 0 Å². The Labute approximate surface area is 134 Å². The zero-order valence-corrected chi connectivity index (χ0v) is 12.7. The van der Waals surface area contributed by atoms with Gasteiger partial charge in [0.25, 0.3) is 5.91 Å². The lowest BCUT2D eigenvalue weighted by Gasteiger charge is -2.28. The molecule has 0 atom stereocenters. The molecule has 0 saturated carbocycles. The van der Waals surface area contributed by atoms with Crippen LogP contribution in [0, 0.1) is 0 Å². The minimum absolute atomic E-state index is 0.0167. The van der Waals surface area contributed by atoms with Gasteiger partial charge in [0.1, 0.15) is 5.65 Å². The highest BCUT2D eigenvalue weighted by Crippen LogP contribution is 2.26. The van der Waals surface area contributed by atoms with Crippen LogP contribution in [0.2, 0.25) is 0 Å². The van der Waals surface area contributed by atoms with Gasteiger partial charge < -0.3 is 9.30 Å². The lowest BCUT2D eigenvalue weighted by atomic mass is 10.0. The fourth-order valence-corrected chi connectivity index (χ4v) is 3.08. The van der Waals surface area contributed by atoms with Crippen molar-refractivity contribution in [1.82, 2.24) is 9.38 Å². The first-order chi connectivity index (χ1) is 11.3. The van der Waals surface area contributed by atoms with Crippen LogP contribution < -0.4 is 4.90 Å². The van der Waals surface area contributed by atoms with Crippen LogP contribution in [0.15, 0.2) is 60.9 Å². The first-order valence-electron chi connectivity index (χ1n) is 7.82. The van der Waals surface area contributed by atoms with Gasteiger partial charge in [-0.3, -0.25) is 4.79 Å². The number of imidazole rings is 1. The summed E-state index contributed by atoms with van der Waals surface area (Å²) in [5.74, 6) is 0.0167. The Morgan fingerprint density at radius 2 is 2.00 bits per heavy atom. The Kier molecular flexibility index (Phi) is 3.42. The Balaban J connectivity index is 1.61. The lowest BCUT2D eigenvalue weighted by Crippen LogP contribution is -2.34. The summed E-state index contributed by atoms with van der Waals surface area (Å²) in [4.78, 5) is 18.8. The van der Waals surface area contributed by atoms with E-state index in [-0.39, 0.29) is 5.91 Å². The summed E-state index contributed by atoms with van der Waals surface area (Å²) < 4.78 is 1.97. The van der Waals surface area contributed by atoms with Crippen molar-refractivity contribution < 1.29 is 4.79 Å². The van der Waals surface area contributed by atoms with Crippen LogP contribution >= 0.6 is 0 Å². The monoisotopic (exact) mass is 303 g/mol. The van der Waals surface area contributed by atoms with Gasteiger partial charge in [-0.05, 0) is 42.7 Å². The second-order valence-electron chi connectivity index (χ2n) is 5.67. The van der Waals surface area contributed by atoms with Crippen molar-refractivity contribution in [2.45, 2.75) is 12.8 Å². The van der Waals surface area contributed by atoms with Gasteiger partial charge in [-0.2, -0.15) is 0 Å². The third-order valence-electron chi connectivity index (χ3n) is 4.22. The maximum Gasteiger partial charge on any atom is 0.251 e. The summed E-state index contributed by atoms with van der Waals surface area (Å²) in [5, 5.41) is 0. The van der Waals surface area contributed by atoms with Crippen LogP contribution in [0.1, 0.15) is 17.7 Å². The first-order valence-corrected chi connectivity index (χ1v) is 7.82. The summed E-state index contributed by atoms with van der Waals surface area (Å²) in [6, 6.07) is 14.0. The summed E-state index contributed by atoms with van der Waals surface area (Å²) in [6.07, 6.45) is 9.24. The van der Waals surface area contributed by atoms with Gasteiger partial charge in [-0.25, -0.2) is 4.98 Å². The number of anilines is 1. The fraction of sp³-hybridized carbons (Fsp3) is 0.158. The average Bonchev–Trinajstić information content (AvgIpc) is 3.02. The van der Waals surface area contributed by atoms with Gasteiger partial charge in [0.15, 0.2) is 0 Å². The highest BCUT2D eigenvalue weighted by molar-refractivity contribution is 6.04. The molecule has 1 amide bonds. The number of hydrogen-bond donors (Lipinski definition) is 0. The zero-order valence-electron chi connectivity index (χ0n) is 12.7. The fourth-order valence-electron chi connectivity index (χ4n) is 3.08. The molecule has 0 radical (unpaired) electrons. The Hall–Kier alpha value is -2.88. The minimum Gasteiger partial charge on any atom is -0.309 e. The van der Waals surface area contributed by atoms with Crippen LogP contribution in [-0.2, 0) is 11.2 Å². The molecule has 0 unspecified atom stereocenters. The molecule has 0 saturated heterocycles. The van der Waals surface area contributed by atoms with E-state index in [9.17, 15) is 4.79 Å². The maximum atomic E-state index is 12.6. The van der Waals surface area contributed by atoms with Crippen molar-refractivity contribution in [2.75, 3.05) is 11.4 Å². The highest BCUT2D eigenvalue weighted by atomic mass is 16.2. The Morgan fingerprint density at radius 3 is 2.96 bits per heavy atom. The van der Waals surface area contributed by atoms with Crippen molar-refractivity contribution >= 4 is 23.3 Å². The lowest BCUT2D eigenvalue weighted by molar-refractivity contribution is -0.114. The molecule has 0 fully saturated rings. The zero-order chi connectivity index (χ0) is 15.6. The third kappa shape index (κ3) is 2.52. The number of amides is 1. The second-order valence-corrected chi connectivity index (χ2v) is 5.67. The van der Waals surface area contributed by atoms with E-state index in [4.69, 9.17) is 0 Å². The molecule has 0 spiro atoms. The number of hydrogen-bond acceptors (Lipinski definition) is 2. The molecule has 0 bridgehead atoms. The topological polar surface area (TPSA) is 37.6 Å². The number of carbonyl (C=O) groups is 1. The quantitative estimate of drug-likeness (QED) is 0.681. The number of carbonyl (C=O) groups excluding carboxylic acids is 1. The number of aromatic nitrogens is 2. The molecule has 0 aliphatic carbocycles. The van der Waals surface area contributed by atoms with Crippen molar-refractivity contribution in [2.24, 2.45) is 0 Å². The summed E-state index contributed by atoms with van der Waals surface area (Å²) in [7, 11) is 0. The van der Waals surface area contributed by atoms with E-state index in [2.05, 4.69) is 11.1 Å². The van der Waals surface area contributed by atoms with Crippen molar-refractivity contribution in [3.05, 3.63) is 72.2 Å². The molecule has 3 aromatic rings. The average molecular weight is 303 g/mol. The predicted molar refractivity (Wildman–Crippen MR) is 91.3 cm³/mol. The van der Waals surface area contributed by atoms with Crippen molar-refractivity contribution in [1.29, 1.82) is 0 Å². The molecule has 4 rings (SSSR count). The van der Waals surface area contributed by atoms with Crippen molar-refractivity contribution in [3.63, 3.8) is 0 Å². The number of nitrogens with zero attached hydrogens (tertiary/aromatic N) is 3. The number of pyridine rings is 1. The molecular formula is C19H17N3O. The van der Waals surface area contributed by atoms with Crippen LogP contribution in [0.3, 0.4) is 0 Å². The Morgan fingerprint density at radius 1 is 1.13 bits per heavy atom. The van der Waals surface area contributed by atoms with E-state index in [0.717, 1.165) is 36.4 Å². The molecule has 4 nitrogen and oxygen atoms in total. The normalized spacial score (nSPS) is 14.3. The molecule has 1 aromatic carbocycles. The number of benzene rings is 1. The van der Waals surface area contributed by atoms with Gasteiger partial charge >= 0.3 is 0 Å². The molecule has 4 heteroatoms. The van der Waals surface area contributed by atoms with Crippen LogP contribution in [0.5, 0.6) is 0 Å². The van der Waals surface area contributed by atoms with E-state index in [1.807, 2.05) is 58.0 Å². The van der Waals surface area contributed by atoms with Crippen LogP contribution in [-0.4, -0.2) is 21.8 Å². The van der Waals surface area contributed by atoms with E-state index in [0.29, 0.717) is 0 Å². The van der Waals surface area contributed by atoms with Gasteiger partial charge in [-0.15, -0.1) is 0 Å². The smallest absolute Gasteiger partial charge is 0.251 e. The van der Waals surface area contributed by atoms with E-state index in [1.165, 1.54) is 5.56 Å². The second kappa shape index (κ2) is 5.72. The number of aryl methyl sites for hydroxylation is 1. The Bertz CT molecular complexity index is 894. The molecule has 23 heavy (non-hydrogen) atoms.